The number of benzene rings is 1. The first-order valence-electron chi connectivity index (χ1n) is 6.31. The molecule has 0 fully saturated rings. The van der Waals surface area contributed by atoms with Crippen LogP contribution in [0.25, 0.3) is 5.69 Å². The van der Waals surface area contributed by atoms with Crippen LogP contribution < -0.4 is 4.72 Å². The Balaban J connectivity index is 2.24. The largest absolute Gasteiger partial charge is 0.476 e. The third-order valence-electron chi connectivity index (χ3n) is 2.79. The number of aromatic nitrogens is 2. The zero-order valence-corrected chi connectivity index (χ0v) is 12.2. The standard InChI is InChI=1S/C13H15N3O4S/c1-2-7-15-21(19,20)11-5-3-10(4-6-11)16-8-12(13(17)18)14-9-16/h3-6,8-9,15H,2,7H2,1H3,(H,17,18). The molecule has 1 aromatic carbocycles. The van der Waals surface area contributed by atoms with Crippen molar-refractivity contribution in [3.63, 3.8) is 0 Å². The van der Waals surface area contributed by atoms with E-state index in [1.165, 1.54) is 29.2 Å². The summed E-state index contributed by atoms with van der Waals surface area (Å²) in [6.07, 6.45) is 3.44. The molecule has 0 saturated carbocycles. The van der Waals surface area contributed by atoms with Crippen molar-refractivity contribution in [3.05, 3.63) is 42.5 Å². The molecule has 0 aliphatic heterocycles. The molecule has 2 rings (SSSR count). The number of sulfonamides is 1. The Morgan fingerprint density at radius 2 is 2.00 bits per heavy atom. The van der Waals surface area contributed by atoms with Gasteiger partial charge in [-0.1, -0.05) is 6.92 Å². The molecule has 2 N–H and O–H groups in total. The second-order valence-corrected chi connectivity index (χ2v) is 6.13. The number of rotatable bonds is 6. The lowest BCUT2D eigenvalue weighted by atomic mass is 10.3. The number of carboxylic acids is 1. The molecule has 112 valence electrons. The molecule has 0 aliphatic rings. The van der Waals surface area contributed by atoms with Gasteiger partial charge in [-0.05, 0) is 30.7 Å². The first-order chi connectivity index (χ1) is 9.94. The minimum atomic E-state index is -3.50. The molecular formula is C13H15N3O4S. The summed E-state index contributed by atoms with van der Waals surface area (Å²) in [5.74, 6) is -1.11. The van der Waals surface area contributed by atoms with Gasteiger partial charge in [0.2, 0.25) is 10.0 Å². The predicted octanol–water partition coefficient (Wildman–Crippen LogP) is 1.26. The first-order valence-corrected chi connectivity index (χ1v) is 7.79. The summed E-state index contributed by atoms with van der Waals surface area (Å²) in [7, 11) is -3.50. The third-order valence-corrected chi connectivity index (χ3v) is 4.27. The second kappa shape index (κ2) is 6.06. The van der Waals surface area contributed by atoms with Crippen LogP contribution in [0.1, 0.15) is 23.8 Å². The first kappa shape index (κ1) is 15.2. The van der Waals surface area contributed by atoms with Crippen molar-refractivity contribution < 1.29 is 18.3 Å². The maximum absolute atomic E-state index is 11.9. The summed E-state index contributed by atoms with van der Waals surface area (Å²) in [6, 6.07) is 6.11. The lowest BCUT2D eigenvalue weighted by Crippen LogP contribution is -2.24. The Bertz CT molecular complexity index is 735. The van der Waals surface area contributed by atoms with E-state index in [1.54, 1.807) is 12.1 Å². The fraction of sp³-hybridized carbons (Fsp3) is 0.231. The number of hydrogen-bond acceptors (Lipinski definition) is 4. The normalized spacial score (nSPS) is 11.5. The highest BCUT2D eigenvalue weighted by Crippen LogP contribution is 2.14. The molecule has 0 aliphatic carbocycles. The molecular weight excluding hydrogens is 294 g/mol. The lowest BCUT2D eigenvalue weighted by molar-refractivity contribution is 0.0691. The van der Waals surface area contributed by atoms with Gasteiger partial charge in [0.25, 0.3) is 0 Å². The second-order valence-electron chi connectivity index (χ2n) is 4.36. The van der Waals surface area contributed by atoms with Crippen LogP contribution >= 0.6 is 0 Å². The van der Waals surface area contributed by atoms with E-state index in [9.17, 15) is 13.2 Å². The number of hydrogen-bond donors (Lipinski definition) is 2. The zero-order valence-electron chi connectivity index (χ0n) is 11.4. The fourth-order valence-corrected chi connectivity index (χ4v) is 2.83. The molecule has 8 heteroatoms. The number of nitrogens with one attached hydrogen (secondary N) is 1. The Hall–Kier alpha value is -2.19. The van der Waals surface area contributed by atoms with E-state index in [-0.39, 0.29) is 10.6 Å². The smallest absolute Gasteiger partial charge is 0.356 e. The SMILES string of the molecule is CCCNS(=O)(=O)c1ccc(-n2cnc(C(=O)O)c2)cc1. The van der Waals surface area contributed by atoms with Crippen molar-refractivity contribution in [3.8, 4) is 5.69 Å². The summed E-state index contributed by atoms with van der Waals surface area (Å²) in [4.78, 5) is 14.7. The van der Waals surface area contributed by atoms with Gasteiger partial charge in [0, 0.05) is 18.4 Å². The summed E-state index contributed by atoms with van der Waals surface area (Å²) in [5, 5.41) is 8.81. The van der Waals surface area contributed by atoms with E-state index in [0.717, 1.165) is 0 Å². The average Bonchev–Trinajstić information content (AvgIpc) is 2.95. The molecule has 0 saturated heterocycles. The summed E-state index contributed by atoms with van der Waals surface area (Å²) in [6.45, 7) is 2.26. The van der Waals surface area contributed by atoms with Gasteiger partial charge in [0.05, 0.1) is 4.90 Å². The molecule has 7 nitrogen and oxygen atoms in total. The van der Waals surface area contributed by atoms with Crippen LogP contribution in [0.4, 0.5) is 0 Å². The van der Waals surface area contributed by atoms with Crippen LogP contribution in [-0.4, -0.2) is 35.6 Å². The Labute approximate surface area is 122 Å². The van der Waals surface area contributed by atoms with Crippen LogP contribution in [0.2, 0.25) is 0 Å². The summed E-state index contributed by atoms with van der Waals surface area (Å²) < 4.78 is 27.8. The highest BCUT2D eigenvalue weighted by Gasteiger charge is 2.13. The van der Waals surface area contributed by atoms with Crippen LogP contribution in [0.15, 0.2) is 41.7 Å². The van der Waals surface area contributed by atoms with Crippen LogP contribution in [0, 0.1) is 0 Å². The topological polar surface area (TPSA) is 101 Å². The highest BCUT2D eigenvalue weighted by molar-refractivity contribution is 7.89. The summed E-state index contributed by atoms with van der Waals surface area (Å²) in [5.41, 5.74) is 0.556. The van der Waals surface area contributed by atoms with Crippen LogP contribution in [-0.2, 0) is 10.0 Å². The lowest BCUT2D eigenvalue weighted by Gasteiger charge is -2.07. The molecule has 0 radical (unpaired) electrons. The van der Waals surface area contributed by atoms with Crippen molar-refractivity contribution in [2.45, 2.75) is 18.2 Å². The van der Waals surface area contributed by atoms with Gasteiger partial charge in [0.1, 0.15) is 6.33 Å². The maximum Gasteiger partial charge on any atom is 0.356 e. The van der Waals surface area contributed by atoms with Crippen molar-refractivity contribution >= 4 is 16.0 Å². The number of nitrogens with zero attached hydrogens (tertiary/aromatic N) is 2. The van der Waals surface area contributed by atoms with E-state index in [1.807, 2.05) is 6.92 Å². The monoisotopic (exact) mass is 309 g/mol. The fourth-order valence-electron chi connectivity index (χ4n) is 1.69. The minimum absolute atomic E-state index is 0.0729. The van der Waals surface area contributed by atoms with Crippen LogP contribution in [0.3, 0.4) is 0 Å². The van der Waals surface area contributed by atoms with Crippen molar-refractivity contribution in [1.29, 1.82) is 0 Å². The Morgan fingerprint density at radius 1 is 1.33 bits per heavy atom. The molecule has 0 unspecified atom stereocenters. The molecule has 21 heavy (non-hydrogen) atoms. The van der Waals surface area contributed by atoms with Gasteiger partial charge >= 0.3 is 5.97 Å². The van der Waals surface area contributed by atoms with Gasteiger partial charge in [0.15, 0.2) is 5.69 Å². The number of aromatic carboxylic acids is 1. The van der Waals surface area contributed by atoms with E-state index >= 15 is 0 Å². The predicted molar refractivity (Wildman–Crippen MR) is 76.0 cm³/mol. The van der Waals surface area contributed by atoms with Crippen molar-refractivity contribution in [2.24, 2.45) is 0 Å². The third kappa shape index (κ3) is 3.47. The molecule has 0 amide bonds. The van der Waals surface area contributed by atoms with Gasteiger partial charge in [-0.15, -0.1) is 0 Å². The van der Waals surface area contributed by atoms with Crippen LogP contribution in [0.5, 0.6) is 0 Å². The number of imidazole rings is 1. The molecule has 0 bridgehead atoms. The van der Waals surface area contributed by atoms with Crippen molar-refractivity contribution in [1.82, 2.24) is 14.3 Å². The molecule has 2 aromatic rings. The van der Waals surface area contributed by atoms with Gasteiger partial charge in [-0.3, -0.25) is 0 Å². The van der Waals surface area contributed by atoms with Gasteiger partial charge in [-0.2, -0.15) is 0 Å². The molecule has 1 aromatic heterocycles. The molecule has 0 atom stereocenters. The highest BCUT2D eigenvalue weighted by atomic mass is 32.2. The molecule has 0 spiro atoms. The Kier molecular flexibility index (Phi) is 4.39. The Morgan fingerprint density at radius 3 is 2.52 bits per heavy atom. The van der Waals surface area contributed by atoms with E-state index < -0.39 is 16.0 Å². The maximum atomic E-state index is 11.9. The quantitative estimate of drug-likeness (QED) is 0.836. The van der Waals surface area contributed by atoms with Gasteiger partial charge in [-0.25, -0.2) is 22.9 Å². The zero-order chi connectivity index (χ0) is 15.5. The van der Waals surface area contributed by atoms with E-state index in [2.05, 4.69) is 9.71 Å². The van der Waals surface area contributed by atoms with E-state index in [0.29, 0.717) is 18.7 Å². The minimum Gasteiger partial charge on any atom is -0.476 e. The average molecular weight is 309 g/mol. The number of carbonyl (C=O) groups is 1. The molecule has 1 heterocycles. The van der Waals surface area contributed by atoms with E-state index in [4.69, 9.17) is 5.11 Å². The van der Waals surface area contributed by atoms with Gasteiger partial charge < -0.3 is 9.67 Å². The van der Waals surface area contributed by atoms with Crippen molar-refractivity contribution in [2.75, 3.05) is 6.54 Å². The number of carboxylic acid groups (broad SMARTS) is 1. The summed E-state index contributed by atoms with van der Waals surface area (Å²) >= 11 is 0.